The van der Waals surface area contributed by atoms with Gasteiger partial charge >= 0.3 is 5.97 Å². The molecule has 0 radical (unpaired) electrons. The van der Waals surface area contributed by atoms with Gasteiger partial charge in [0.1, 0.15) is 0 Å². The number of ether oxygens (including phenoxy) is 1. The zero-order chi connectivity index (χ0) is 19.8. The first-order valence-corrected chi connectivity index (χ1v) is 8.76. The fraction of sp³-hybridized carbons (Fsp3) is 0.286. The summed E-state index contributed by atoms with van der Waals surface area (Å²) < 4.78 is 5.03. The van der Waals surface area contributed by atoms with Crippen molar-refractivity contribution in [3.63, 3.8) is 0 Å². The molecule has 0 aliphatic carbocycles. The molecule has 2 rings (SSSR count). The van der Waals surface area contributed by atoms with Gasteiger partial charge in [0.15, 0.2) is 6.61 Å². The van der Waals surface area contributed by atoms with Gasteiger partial charge in [-0.3, -0.25) is 9.59 Å². The van der Waals surface area contributed by atoms with Gasteiger partial charge in [0.25, 0.3) is 5.91 Å². The summed E-state index contributed by atoms with van der Waals surface area (Å²) >= 11 is 0. The Bertz CT molecular complexity index is 815. The lowest BCUT2D eigenvalue weighted by atomic mass is 10.1. The van der Waals surface area contributed by atoms with Crippen molar-refractivity contribution in [1.82, 2.24) is 4.90 Å². The Morgan fingerprint density at radius 2 is 1.70 bits per heavy atom. The molecule has 2 aromatic rings. The Kier molecular flexibility index (Phi) is 7.11. The molecule has 0 heterocycles. The van der Waals surface area contributed by atoms with Gasteiger partial charge in [-0.1, -0.05) is 42.8 Å². The molecular weight excluding hydrogens is 344 g/mol. The van der Waals surface area contributed by atoms with Crippen molar-refractivity contribution in [1.29, 1.82) is 0 Å². The molecule has 0 aliphatic rings. The number of hydrogen-bond donors (Lipinski definition) is 1. The number of rotatable bonds is 7. The van der Waals surface area contributed by atoms with Crippen LogP contribution in [0.15, 0.2) is 48.5 Å². The average molecular weight is 368 g/mol. The van der Waals surface area contributed by atoms with Gasteiger partial charge in [0.05, 0.1) is 12.1 Å². The Hall–Kier alpha value is -3.15. The second kappa shape index (κ2) is 9.52. The molecule has 0 atom stereocenters. The van der Waals surface area contributed by atoms with Crippen LogP contribution in [0, 0.1) is 6.92 Å². The normalized spacial score (nSPS) is 10.2. The van der Waals surface area contributed by atoms with E-state index in [4.69, 9.17) is 4.74 Å². The van der Waals surface area contributed by atoms with Crippen LogP contribution in [0.2, 0.25) is 0 Å². The lowest BCUT2D eigenvalue weighted by Gasteiger charge is -2.17. The van der Waals surface area contributed by atoms with E-state index in [1.165, 1.54) is 11.9 Å². The van der Waals surface area contributed by atoms with E-state index >= 15 is 0 Å². The first kappa shape index (κ1) is 20.2. The van der Waals surface area contributed by atoms with E-state index in [1.54, 1.807) is 24.3 Å². The Labute approximate surface area is 159 Å². The van der Waals surface area contributed by atoms with Crippen molar-refractivity contribution >= 4 is 23.5 Å². The van der Waals surface area contributed by atoms with Crippen LogP contribution in [-0.4, -0.2) is 42.9 Å². The first-order chi connectivity index (χ1) is 12.9. The van der Waals surface area contributed by atoms with Crippen molar-refractivity contribution < 1.29 is 19.1 Å². The van der Waals surface area contributed by atoms with E-state index in [0.717, 1.165) is 23.2 Å². The van der Waals surface area contributed by atoms with Gasteiger partial charge in [-0.15, -0.1) is 0 Å². The zero-order valence-electron chi connectivity index (χ0n) is 15.8. The monoisotopic (exact) mass is 368 g/mol. The SMILES string of the molecule is CCc1ccccc1NC(=O)CN(C)C(=O)COC(=O)c1ccc(C)cc1. The average Bonchev–Trinajstić information content (AvgIpc) is 2.66. The van der Waals surface area contributed by atoms with E-state index in [9.17, 15) is 14.4 Å². The summed E-state index contributed by atoms with van der Waals surface area (Å²) in [4.78, 5) is 37.5. The molecule has 1 N–H and O–H groups in total. The third kappa shape index (κ3) is 5.95. The van der Waals surface area contributed by atoms with E-state index in [-0.39, 0.29) is 12.5 Å². The van der Waals surface area contributed by atoms with Crippen LogP contribution >= 0.6 is 0 Å². The van der Waals surface area contributed by atoms with E-state index in [0.29, 0.717) is 5.56 Å². The Balaban J connectivity index is 1.83. The van der Waals surface area contributed by atoms with Crippen LogP contribution < -0.4 is 5.32 Å². The lowest BCUT2D eigenvalue weighted by Crippen LogP contribution is -2.37. The predicted octanol–water partition coefficient (Wildman–Crippen LogP) is 2.81. The highest BCUT2D eigenvalue weighted by atomic mass is 16.5. The van der Waals surface area contributed by atoms with Crippen molar-refractivity contribution in [3.8, 4) is 0 Å². The molecule has 6 heteroatoms. The van der Waals surface area contributed by atoms with Gasteiger partial charge in [-0.2, -0.15) is 0 Å². The molecule has 6 nitrogen and oxygen atoms in total. The highest BCUT2D eigenvalue weighted by molar-refractivity contribution is 5.96. The third-order valence-electron chi connectivity index (χ3n) is 4.09. The number of carbonyl (C=O) groups excluding carboxylic acids is 3. The number of benzene rings is 2. The minimum Gasteiger partial charge on any atom is -0.452 e. The number of anilines is 1. The van der Waals surface area contributed by atoms with Crippen LogP contribution in [0.25, 0.3) is 0 Å². The molecule has 0 saturated carbocycles. The number of nitrogens with one attached hydrogen (secondary N) is 1. The number of esters is 1. The van der Waals surface area contributed by atoms with Crippen LogP contribution in [0.1, 0.15) is 28.4 Å². The van der Waals surface area contributed by atoms with Crippen LogP contribution in [0.4, 0.5) is 5.69 Å². The summed E-state index contributed by atoms with van der Waals surface area (Å²) in [7, 11) is 1.49. The van der Waals surface area contributed by atoms with Crippen molar-refractivity contribution in [2.45, 2.75) is 20.3 Å². The highest BCUT2D eigenvalue weighted by Crippen LogP contribution is 2.15. The smallest absolute Gasteiger partial charge is 0.338 e. The maximum Gasteiger partial charge on any atom is 0.338 e. The molecule has 0 saturated heterocycles. The summed E-state index contributed by atoms with van der Waals surface area (Å²) in [5.41, 5.74) is 3.16. The molecule has 0 spiro atoms. The topological polar surface area (TPSA) is 75.7 Å². The molecule has 2 amide bonds. The molecule has 0 fully saturated rings. The molecule has 2 aromatic carbocycles. The third-order valence-corrected chi connectivity index (χ3v) is 4.09. The van der Waals surface area contributed by atoms with Gasteiger partial charge < -0.3 is 15.0 Å². The van der Waals surface area contributed by atoms with Crippen LogP contribution in [0.3, 0.4) is 0 Å². The van der Waals surface area contributed by atoms with Crippen molar-refractivity contribution in [2.24, 2.45) is 0 Å². The molecule has 27 heavy (non-hydrogen) atoms. The minimum atomic E-state index is -0.571. The molecule has 0 unspecified atom stereocenters. The van der Waals surface area contributed by atoms with Crippen LogP contribution in [-0.2, 0) is 20.7 Å². The number of likely N-dealkylation sites (N-methyl/N-ethyl adjacent to an activating group) is 1. The predicted molar refractivity (Wildman–Crippen MR) is 104 cm³/mol. The summed E-state index contributed by atoms with van der Waals surface area (Å²) in [5.74, 6) is -1.33. The number of aryl methyl sites for hydroxylation is 2. The van der Waals surface area contributed by atoms with Gasteiger partial charge in [0, 0.05) is 12.7 Å². The quantitative estimate of drug-likeness (QED) is 0.763. The van der Waals surface area contributed by atoms with E-state index in [2.05, 4.69) is 5.32 Å². The standard InChI is InChI=1S/C21H24N2O4/c1-4-16-7-5-6-8-18(16)22-19(24)13-23(3)20(25)14-27-21(26)17-11-9-15(2)10-12-17/h5-12H,4,13-14H2,1-3H3,(H,22,24). The second-order valence-electron chi connectivity index (χ2n) is 6.25. The largest absolute Gasteiger partial charge is 0.452 e. The Morgan fingerprint density at radius 3 is 2.37 bits per heavy atom. The molecule has 0 bridgehead atoms. The number of nitrogens with zero attached hydrogens (tertiary/aromatic N) is 1. The first-order valence-electron chi connectivity index (χ1n) is 8.76. The molecule has 0 aromatic heterocycles. The summed E-state index contributed by atoms with van der Waals surface area (Å²) in [6.45, 7) is 3.38. The number of carbonyl (C=O) groups is 3. The van der Waals surface area contributed by atoms with Crippen molar-refractivity contribution in [2.75, 3.05) is 25.5 Å². The number of hydrogen-bond acceptors (Lipinski definition) is 4. The summed E-state index contributed by atoms with van der Waals surface area (Å²) in [6.07, 6.45) is 0.792. The maximum absolute atomic E-state index is 12.2. The molecule has 142 valence electrons. The summed E-state index contributed by atoms with van der Waals surface area (Å²) in [5, 5.41) is 2.80. The van der Waals surface area contributed by atoms with E-state index in [1.807, 2.05) is 38.1 Å². The van der Waals surface area contributed by atoms with Gasteiger partial charge in [-0.25, -0.2) is 4.79 Å². The van der Waals surface area contributed by atoms with Gasteiger partial charge in [-0.05, 0) is 37.1 Å². The molecule has 0 aliphatic heterocycles. The summed E-state index contributed by atoms with van der Waals surface area (Å²) in [6, 6.07) is 14.4. The fourth-order valence-electron chi connectivity index (χ4n) is 2.45. The minimum absolute atomic E-state index is 0.126. The van der Waals surface area contributed by atoms with E-state index < -0.39 is 18.5 Å². The highest BCUT2D eigenvalue weighted by Gasteiger charge is 2.16. The Morgan fingerprint density at radius 1 is 1.04 bits per heavy atom. The van der Waals surface area contributed by atoms with Crippen LogP contribution in [0.5, 0.6) is 0 Å². The van der Waals surface area contributed by atoms with Crippen molar-refractivity contribution in [3.05, 3.63) is 65.2 Å². The second-order valence-corrected chi connectivity index (χ2v) is 6.25. The maximum atomic E-state index is 12.2. The van der Waals surface area contributed by atoms with Gasteiger partial charge in [0.2, 0.25) is 5.91 Å². The molecular formula is C21H24N2O4. The lowest BCUT2D eigenvalue weighted by molar-refractivity contribution is -0.136. The zero-order valence-corrected chi connectivity index (χ0v) is 15.8. The fourth-order valence-corrected chi connectivity index (χ4v) is 2.45. The number of para-hydroxylation sites is 1. The number of amides is 2.